The minimum Gasteiger partial charge on any atom is -0.420 e. The fraction of sp³-hybridized carbons (Fsp3) is 0.250. The smallest absolute Gasteiger partial charge is 0.257 e. The van der Waals surface area contributed by atoms with E-state index < -0.39 is 0 Å². The third-order valence-corrected chi connectivity index (χ3v) is 5.61. The number of Topliss-reactive ketones (excluding diaryl/α,β-unsaturated/α-hetero) is 1. The van der Waals surface area contributed by atoms with Gasteiger partial charge in [0, 0.05) is 19.9 Å². The molecule has 0 fully saturated rings. The number of ketones is 1. The lowest BCUT2D eigenvalue weighted by Gasteiger charge is -2.14. The largest absolute Gasteiger partial charge is 0.420 e. The number of hydrogen-bond acceptors (Lipinski definition) is 7. The van der Waals surface area contributed by atoms with E-state index in [4.69, 9.17) is 4.42 Å². The van der Waals surface area contributed by atoms with Crippen LogP contribution in [0.2, 0.25) is 0 Å². The molecule has 1 aromatic carbocycles. The molecule has 0 aliphatic rings. The fourth-order valence-corrected chi connectivity index (χ4v) is 3.72. The zero-order valence-corrected chi connectivity index (χ0v) is 16.8. The minimum atomic E-state index is -0.0415. The maximum absolute atomic E-state index is 12.4. The molecule has 0 radical (unpaired) electrons. The molecule has 4 aromatic rings. The zero-order valence-electron chi connectivity index (χ0n) is 16.0. The SMILES string of the molecule is CC(=O)c1ccc(-c2nnc(CCC(=O)N(C)Cc3nc4ccccc4[nH]3)o2)s1. The summed E-state index contributed by atoms with van der Waals surface area (Å²) in [5.74, 6) is 1.45. The normalized spacial score (nSPS) is 11.1. The predicted octanol–water partition coefficient (Wildman–Crippen LogP) is 3.47. The van der Waals surface area contributed by atoms with E-state index in [0.717, 1.165) is 21.7 Å². The van der Waals surface area contributed by atoms with Crippen molar-refractivity contribution in [2.45, 2.75) is 26.3 Å². The van der Waals surface area contributed by atoms with Gasteiger partial charge in [-0.15, -0.1) is 21.5 Å². The highest BCUT2D eigenvalue weighted by atomic mass is 32.1. The number of benzene rings is 1. The lowest BCUT2D eigenvalue weighted by atomic mass is 10.3. The van der Waals surface area contributed by atoms with Gasteiger partial charge in [-0.25, -0.2) is 4.98 Å². The summed E-state index contributed by atoms with van der Waals surface area (Å²) in [7, 11) is 1.74. The van der Waals surface area contributed by atoms with Crippen molar-refractivity contribution in [1.29, 1.82) is 0 Å². The van der Waals surface area contributed by atoms with Crippen LogP contribution in [-0.4, -0.2) is 43.8 Å². The topological polar surface area (TPSA) is 105 Å². The predicted molar refractivity (Wildman–Crippen MR) is 109 cm³/mol. The average Bonchev–Trinajstić information content (AvgIpc) is 3.43. The van der Waals surface area contributed by atoms with Crippen LogP contribution >= 0.6 is 11.3 Å². The third kappa shape index (κ3) is 4.24. The van der Waals surface area contributed by atoms with Crippen LogP contribution in [0.5, 0.6) is 0 Å². The molecule has 0 saturated carbocycles. The van der Waals surface area contributed by atoms with Crippen LogP contribution in [-0.2, 0) is 17.8 Å². The summed E-state index contributed by atoms with van der Waals surface area (Å²) in [4.78, 5) is 34.6. The lowest BCUT2D eigenvalue weighted by Crippen LogP contribution is -2.26. The molecule has 3 aromatic heterocycles. The Bertz CT molecular complexity index is 1140. The Morgan fingerprint density at radius 1 is 1.17 bits per heavy atom. The molecule has 4 rings (SSSR count). The van der Waals surface area contributed by atoms with Crippen molar-refractivity contribution in [3.63, 3.8) is 0 Å². The summed E-state index contributed by atoms with van der Waals surface area (Å²) < 4.78 is 5.64. The van der Waals surface area contributed by atoms with Crippen molar-refractivity contribution in [2.75, 3.05) is 7.05 Å². The van der Waals surface area contributed by atoms with Crippen LogP contribution in [0.3, 0.4) is 0 Å². The first-order valence-corrected chi connectivity index (χ1v) is 9.92. The van der Waals surface area contributed by atoms with Gasteiger partial charge in [0.2, 0.25) is 11.8 Å². The van der Waals surface area contributed by atoms with Gasteiger partial charge in [0.15, 0.2) is 5.78 Å². The molecule has 0 spiro atoms. The third-order valence-electron chi connectivity index (χ3n) is 4.43. The van der Waals surface area contributed by atoms with Gasteiger partial charge >= 0.3 is 0 Å². The van der Waals surface area contributed by atoms with Gasteiger partial charge in [0.25, 0.3) is 5.89 Å². The Kier molecular flexibility index (Phi) is 5.22. The van der Waals surface area contributed by atoms with E-state index in [2.05, 4.69) is 20.2 Å². The number of nitrogens with one attached hydrogen (secondary N) is 1. The number of carbonyl (C=O) groups is 2. The summed E-state index contributed by atoms with van der Waals surface area (Å²) >= 11 is 1.31. The molecule has 3 heterocycles. The molecule has 0 aliphatic heterocycles. The van der Waals surface area contributed by atoms with Gasteiger partial charge in [0.1, 0.15) is 5.82 Å². The second-order valence-electron chi connectivity index (χ2n) is 6.67. The molecule has 1 N–H and O–H groups in total. The molecule has 8 nitrogen and oxygen atoms in total. The second kappa shape index (κ2) is 7.96. The molecule has 148 valence electrons. The Balaban J connectivity index is 1.34. The van der Waals surface area contributed by atoms with Crippen molar-refractivity contribution in [3.05, 3.63) is 53.0 Å². The number of hydrogen-bond donors (Lipinski definition) is 1. The number of aromatic amines is 1. The van der Waals surface area contributed by atoms with Gasteiger partial charge in [0.05, 0.1) is 27.3 Å². The van der Waals surface area contributed by atoms with Gasteiger partial charge in [-0.2, -0.15) is 0 Å². The second-order valence-corrected chi connectivity index (χ2v) is 7.76. The van der Waals surface area contributed by atoms with E-state index in [0.29, 0.717) is 29.6 Å². The number of para-hydroxylation sites is 2. The number of aryl methyl sites for hydroxylation is 1. The number of imidazole rings is 1. The molecular formula is C20H19N5O3S. The molecule has 0 atom stereocenters. The first-order valence-electron chi connectivity index (χ1n) is 9.10. The standard InChI is InChI=1S/C20H19N5O3S/c1-12(26)15-7-8-16(29-15)20-24-23-18(28-20)9-10-19(27)25(2)11-17-21-13-5-3-4-6-14(13)22-17/h3-8H,9-11H2,1-2H3,(H,21,22). The van der Waals surface area contributed by atoms with E-state index in [-0.39, 0.29) is 18.1 Å². The highest BCUT2D eigenvalue weighted by Gasteiger charge is 2.16. The van der Waals surface area contributed by atoms with E-state index in [1.807, 2.05) is 24.3 Å². The van der Waals surface area contributed by atoms with Crippen LogP contribution in [0.25, 0.3) is 21.8 Å². The number of thiophene rings is 1. The van der Waals surface area contributed by atoms with Crippen molar-refractivity contribution in [3.8, 4) is 10.8 Å². The molecule has 0 aliphatic carbocycles. The number of fused-ring (bicyclic) bond motifs is 1. The van der Waals surface area contributed by atoms with Crippen LogP contribution in [0.15, 0.2) is 40.8 Å². The van der Waals surface area contributed by atoms with Crippen LogP contribution < -0.4 is 0 Å². The number of H-pyrrole nitrogens is 1. The number of aromatic nitrogens is 4. The Labute approximate surface area is 170 Å². The zero-order chi connectivity index (χ0) is 20.4. The highest BCUT2D eigenvalue weighted by Crippen LogP contribution is 2.27. The molecule has 9 heteroatoms. The quantitative estimate of drug-likeness (QED) is 0.469. The van der Waals surface area contributed by atoms with E-state index >= 15 is 0 Å². The summed E-state index contributed by atoms with van der Waals surface area (Å²) in [6.45, 7) is 1.91. The average molecular weight is 409 g/mol. The number of amides is 1. The molecular weight excluding hydrogens is 390 g/mol. The van der Waals surface area contributed by atoms with Crippen molar-refractivity contribution in [2.24, 2.45) is 0 Å². The van der Waals surface area contributed by atoms with Crippen molar-refractivity contribution < 1.29 is 14.0 Å². The molecule has 1 amide bonds. The summed E-state index contributed by atoms with van der Waals surface area (Å²) in [6, 6.07) is 11.3. The maximum Gasteiger partial charge on any atom is 0.257 e. The van der Waals surface area contributed by atoms with Crippen LogP contribution in [0.4, 0.5) is 0 Å². The van der Waals surface area contributed by atoms with Gasteiger partial charge < -0.3 is 14.3 Å². The van der Waals surface area contributed by atoms with Crippen LogP contribution in [0, 0.1) is 0 Å². The number of nitrogens with zero attached hydrogens (tertiary/aromatic N) is 4. The first-order chi connectivity index (χ1) is 14.0. The van der Waals surface area contributed by atoms with E-state index in [9.17, 15) is 9.59 Å². The first kappa shape index (κ1) is 19.0. The van der Waals surface area contributed by atoms with E-state index in [1.54, 1.807) is 24.1 Å². The van der Waals surface area contributed by atoms with Gasteiger partial charge in [-0.3, -0.25) is 9.59 Å². The summed E-state index contributed by atoms with van der Waals surface area (Å²) in [5, 5.41) is 8.02. The summed E-state index contributed by atoms with van der Waals surface area (Å²) in [6.07, 6.45) is 0.600. The summed E-state index contributed by atoms with van der Waals surface area (Å²) in [5.41, 5.74) is 1.83. The highest BCUT2D eigenvalue weighted by molar-refractivity contribution is 7.17. The molecule has 0 saturated heterocycles. The maximum atomic E-state index is 12.4. The number of carbonyl (C=O) groups excluding carboxylic acids is 2. The van der Waals surface area contributed by atoms with Crippen molar-refractivity contribution >= 4 is 34.1 Å². The Morgan fingerprint density at radius 2 is 2.00 bits per heavy atom. The van der Waals surface area contributed by atoms with E-state index in [1.165, 1.54) is 18.3 Å². The van der Waals surface area contributed by atoms with Gasteiger partial charge in [-0.1, -0.05) is 12.1 Å². The minimum absolute atomic E-state index is 0.000856. The Hall–Kier alpha value is -3.33. The van der Waals surface area contributed by atoms with Gasteiger partial charge in [-0.05, 0) is 31.2 Å². The van der Waals surface area contributed by atoms with Crippen molar-refractivity contribution in [1.82, 2.24) is 25.1 Å². The van der Waals surface area contributed by atoms with Crippen LogP contribution in [0.1, 0.15) is 34.7 Å². The molecule has 0 bridgehead atoms. The fourth-order valence-electron chi connectivity index (χ4n) is 2.89. The molecule has 29 heavy (non-hydrogen) atoms. The lowest BCUT2D eigenvalue weighted by molar-refractivity contribution is -0.130. The monoisotopic (exact) mass is 409 g/mol. The number of rotatable bonds is 7. The Morgan fingerprint density at radius 3 is 2.76 bits per heavy atom. The molecule has 0 unspecified atom stereocenters.